The number of hydrogen-bond donors (Lipinski definition) is 0. The molecule has 9 nitrogen and oxygen atoms in total. The van der Waals surface area contributed by atoms with Crippen LogP contribution >= 0.6 is 0 Å². The predicted octanol–water partition coefficient (Wildman–Crippen LogP) is 24.0. The molecule has 97 heavy (non-hydrogen) atoms. The van der Waals surface area contributed by atoms with Gasteiger partial charge in [-0.05, 0) is 128 Å². The zero-order valence-corrected chi connectivity index (χ0v) is 62.9. The molecule has 0 bridgehead atoms. The molecule has 0 aliphatic carbocycles. The average Bonchev–Trinajstić information content (AvgIpc) is 3.11. The number of esters is 2. The van der Waals surface area contributed by atoms with Crippen molar-refractivity contribution in [2.45, 2.75) is 322 Å². The predicted molar refractivity (Wildman–Crippen MR) is 416 cm³/mol. The standard InChI is InChI=1S/C88H145NO8/c1-6-8-10-12-14-16-18-20-22-24-26-28-30-32-34-36-38-40-42-43-45-47-49-51-53-55-57-59-61-63-65-67-69-71-73-75-77-79-86(91)97-84(83-96-88(87(92)93)94-81-80-89(3,4)5)82-95-85(90)78-76-74-72-70-68-66-64-62-60-58-56-54-52-50-48-46-44-41-39-37-35-33-31-29-27-25-23-21-19-17-15-13-11-9-7-2/h8-11,14-17,20-23,26-29,32-35,38-41,43,45,49,51,84,88H,6-7,12-13,18-19,24-25,30-31,36-37,42,44,46-48,50,52-83H2,1-5H3/b10-8-,11-9-,16-14-,17-15-,22-20-,23-21-,28-26-,29-27-,34-32-,35-33-,40-38-,41-39-,45-43-,51-49-. The second-order valence-corrected chi connectivity index (χ2v) is 26.9. The van der Waals surface area contributed by atoms with E-state index in [0.717, 1.165) is 135 Å². The van der Waals surface area contributed by atoms with Crippen molar-refractivity contribution in [3.05, 3.63) is 170 Å². The normalized spacial score (nSPS) is 13.6. The van der Waals surface area contributed by atoms with E-state index >= 15 is 0 Å². The molecule has 0 spiro atoms. The SMILES string of the molecule is CC/C=C\C/C=C\C/C=C\C/C=C\C/C=C\C/C=C\C/C=C\C/C=C\CCCCCCCCCCCCCCC(=O)OC(COC(=O)CCCCCCCCCCCCCCCCCC/C=C\C/C=C\C/C=C\C/C=C\C/C=C\C/C=C\CC)COC(OCC[N+](C)(C)C)C(=O)[O-]. The zero-order chi connectivity index (χ0) is 70.4. The molecule has 0 heterocycles. The van der Waals surface area contributed by atoms with Crippen LogP contribution in [-0.2, 0) is 33.3 Å². The second kappa shape index (κ2) is 76.4. The molecule has 0 amide bonds. The molecule has 0 rings (SSSR count). The van der Waals surface area contributed by atoms with Gasteiger partial charge in [-0.3, -0.25) is 9.59 Å². The molecule has 2 unspecified atom stereocenters. The van der Waals surface area contributed by atoms with Gasteiger partial charge >= 0.3 is 11.9 Å². The fraction of sp³-hybridized carbons (Fsp3) is 0.648. The fourth-order valence-corrected chi connectivity index (χ4v) is 10.6. The van der Waals surface area contributed by atoms with Crippen molar-refractivity contribution in [2.75, 3.05) is 47.5 Å². The van der Waals surface area contributed by atoms with Crippen LogP contribution in [0.5, 0.6) is 0 Å². The van der Waals surface area contributed by atoms with Crippen molar-refractivity contribution >= 4 is 17.9 Å². The van der Waals surface area contributed by atoms with Gasteiger partial charge in [0, 0.05) is 12.8 Å². The van der Waals surface area contributed by atoms with Gasteiger partial charge in [0.2, 0.25) is 0 Å². The number of carboxylic acid groups (broad SMARTS) is 1. The Bertz CT molecular complexity index is 2210. The first-order valence-electron chi connectivity index (χ1n) is 39.3. The number of carboxylic acids is 1. The summed E-state index contributed by atoms with van der Waals surface area (Å²) in [5.41, 5.74) is 0. The third-order valence-electron chi connectivity index (χ3n) is 16.5. The largest absolute Gasteiger partial charge is 0.545 e. The highest BCUT2D eigenvalue weighted by molar-refractivity contribution is 5.70. The Kier molecular flexibility index (Phi) is 72.2. The van der Waals surface area contributed by atoms with E-state index in [-0.39, 0.29) is 38.6 Å². The van der Waals surface area contributed by atoms with Crippen molar-refractivity contribution in [1.82, 2.24) is 0 Å². The lowest BCUT2D eigenvalue weighted by atomic mass is 10.0. The summed E-state index contributed by atoms with van der Waals surface area (Å²) in [6.45, 7) is 4.53. The summed E-state index contributed by atoms with van der Waals surface area (Å²) in [4.78, 5) is 37.6. The van der Waals surface area contributed by atoms with Gasteiger partial charge < -0.3 is 33.3 Å². The van der Waals surface area contributed by atoms with Crippen molar-refractivity contribution in [3.8, 4) is 0 Å². The van der Waals surface area contributed by atoms with Crippen molar-refractivity contribution in [2.24, 2.45) is 0 Å². The van der Waals surface area contributed by atoms with E-state index in [9.17, 15) is 19.5 Å². The van der Waals surface area contributed by atoms with E-state index in [2.05, 4.69) is 184 Å². The highest BCUT2D eigenvalue weighted by atomic mass is 16.7. The first-order chi connectivity index (χ1) is 47.6. The van der Waals surface area contributed by atoms with Crippen LogP contribution in [-0.4, -0.2) is 82.3 Å². The van der Waals surface area contributed by atoms with Crippen molar-refractivity contribution < 1.29 is 42.9 Å². The van der Waals surface area contributed by atoms with Crippen LogP contribution < -0.4 is 5.11 Å². The number of carbonyl (C=O) groups excluding carboxylic acids is 3. The molecule has 0 aromatic rings. The Morgan fingerprint density at radius 2 is 0.557 bits per heavy atom. The molecule has 0 fully saturated rings. The van der Waals surface area contributed by atoms with Gasteiger partial charge in [-0.2, -0.15) is 0 Å². The van der Waals surface area contributed by atoms with Crippen LogP contribution in [0.2, 0.25) is 0 Å². The number of allylic oxidation sites excluding steroid dienone is 28. The van der Waals surface area contributed by atoms with Crippen LogP contribution in [0.4, 0.5) is 0 Å². The fourth-order valence-electron chi connectivity index (χ4n) is 10.6. The summed E-state index contributed by atoms with van der Waals surface area (Å²) in [6.07, 6.45) is 112. The Hall–Kier alpha value is -5.35. The minimum Gasteiger partial charge on any atom is -0.545 e. The van der Waals surface area contributed by atoms with Gasteiger partial charge in [-0.25, -0.2) is 0 Å². The van der Waals surface area contributed by atoms with Gasteiger partial charge in [0.1, 0.15) is 13.2 Å². The lowest BCUT2D eigenvalue weighted by Crippen LogP contribution is -2.44. The maximum absolute atomic E-state index is 13.0. The molecule has 2 atom stereocenters. The summed E-state index contributed by atoms with van der Waals surface area (Å²) in [5.74, 6) is -2.29. The number of likely N-dealkylation sites (N-methyl/N-ethyl adjacent to an activating group) is 1. The number of ether oxygens (including phenoxy) is 4. The summed E-state index contributed by atoms with van der Waals surface area (Å²) in [6, 6.07) is 0. The first-order valence-corrected chi connectivity index (χ1v) is 39.3. The monoisotopic (exact) mass is 1340 g/mol. The Morgan fingerprint density at radius 3 is 0.825 bits per heavy atom. The van der Waals surface area contributed by atoms with Gasteiger partial charge in [0.05, 0.1) is 40.3 Å². The highest BCUT2D eigenvalue weighted by Gasteiger charge is 2.22. The molecule has 0 radical (unpaired) electrons. The lowest BCUT2D eigenvalue weighted by molar-refractivity contribution is -0.870. The number of quaternary nitrogens is 1. The summed E-state index contributed by atoms with van der Waals surface area (Å²) in [7, 11) is 5.93. The maximum Gasteiger partial charge on any atom is 0.306 e. The minimum atomic E-state index is -1.63. The van der Waals surface area contributed by atoms with Crippen LogP contribution in [0.1, 0.15) is 309 Å². The van der Waals surface area contributed by atoms with E-state index < -0.39 is 24.3 Å². The number of nitrogens with zero attached hydrogens (tertiary/aromatic N) is 1. The van der Waals surface area contributed by atoms with Crippen LogP contribution in [0.3, 0.4) is 0 Å². The van der Waals surface area contributed by atoms with E-state index in [0.29, 0.717) is 17.4 Å². The van der Waals surface area contributed by atoms with Crippen molar-refractivity contribution in [1.29, 1.82) is 0 Å². The molecule has 0 aromatic heterocycles. The van der Waals surface area contributed by atoms with Crippen LogP contribution in [0.25, 0.3) is 0 Å². The Morgan fingerprint density at radius 1 is 0.309 bits per heavy atom. The number of aliphatic carboxylic acids is 1. The molecular weight excluding hydrogens is 1200 g/mol. The third-order valence-corrected chi connectivity index (χ3v) is 16.5. The highest BCUT2D eigenvalue weighted by Crippen LogP contribution is 2.17. The Balaban J connectivity index is 4.09. The molecule has 0 N–H and O–H groups in total. The number of hydrogen-bond acceptors (Lipinski definition) is 8. The summed E-state index contributed by atoms with van der Waals surface area (Å²) >= 11 is 0. The number of unbranched alkanes of at least 4 members (excludes halogenated alkanes) is 28. The van der Waals surface area contributed by atoms with E-state index in [1.54, 1.807) is 0 Å². The third kappa shape index (κ3) is 77.9. The quantitative estimate of drug-likeness (QED) is 0.0195. The van der Waals surface area contributed by atoms with Gasteiger partial charge in [0.15, 0.2) is 12.4 Å². The van der Waals surface area contributed by atoms with E-state index in [4.69, 9.17) is 18.9 Å². The number of rotatable bonds is 71. The van der Waals surface area contributed by atoms with E-state index in [1.165, 1.54) is 141 Å². The minimum absolute atomic E-state index is 0.141. The maximum atomic E-state index is 13.0. The molecule has 0 aromatic carbocycles. The van der Waals surface area contributed by atoms with Crippen LogP contribution in [0, 0.1) is 0 Å². The summed E-state index contributed by atoms with van der Waals surface area (Å²) in [5, 5.41) is 11.9. The van der Waals surface area contributed by atoms with Crippen molar-refractivity contribution in [3.63, 3.8) is 0 Å². The summed E-state index contributed by atoms with van der Waals surface area (Å²) < 4.78 is 22.9. The van der Waals surface area contributed by atoms with E-state index in [1.807, 2.05) is 21.1 Å². The molecule has 9 heteroatoms. The van der Waals surface area contributed by atoms with Gasteiger partial charge in [-0.15, -0.1) is 0 Å². The van der Waals surface area contributed by atoms with Crippen LogP contribution in [0.15, 0.2) is 170 Å². The molecular formula is C88H145NO8. The molecule has 0 aliphatic rings. The number of carbonyl (C=O) groups is 3. The smallest absolute Gasteiger partial charge is 0.306 e. The second-order valence-electron chi connectivity index (χ2n) is 26.9. The molecule has 550 valence electrons. The molecule has 0 aliphatic heterocycles. The lowest BCUT2D eigenvalue weighted by Gasteiger charge is -2.26. The molecule has 0 saturated carbocycles. The zero-order valence-electron chi connectivity index (χ0n) is 62.9. The Labute approximate surface area is 597 Å². The molecule has 0 saturated heterocycles. The van der Waals surface area contributed by atoms with Gasteiger partial charge in [0.25, 0.3) is 0 Å². The topological polar surface area (TPSA) is 111 Å². The first kappa shape index (κ1) is 91.6. The average molecular weight is 1350 g/mol. The van der Waals surface area contributed by atoms with Gasteiger partial charge in [-0.1, -0.05) is 338 Å².